The maximum absolute atomic E-state index is 13.5. The van der Waals surface area contributed by atoms with Crippen LogP contribution in [0.1, 0.15) is 11.1 Å². The topological polar surface area (TPSA) is 57.1 Å². The Morgan fingerprint density at radius 1 is 1.15 bits per heavy atom. The summed E-state index contributed by atoms with van der Waals surface area (Å²) in [5.41, 5.74) is 0.451. The molecule has 5 nitrogen and oxygen atoms in total. The molecule has 0 fully saturated rings. The van der Waals surface area contributed by atoms with Crippen molar-refractivity contribution >= 4 is 29.5 Å². The zero-order valence-corrected chi connectivity index (χ0v) is 14.4. The second-order valence-corrected chi connectivity index (χ2v) is 5.57. The number of carbonyl (C=O) groups excluding carboxylic acids is 1. The van der Waals surface area contributed by atoms with Crippen LogP contribution in [0.5, 0.6) is 11.5 Å². The number of hydrogen-bond acceptors (Lipinski definition) is 5. The number of ether oxygens (including phenoxy) is 3. The minimum absolute atomic E-state index is 0.0278. The van der Waals surface area contributed by atoms with Crippen LogP contribution < -0.4 is 9.47 Å². The van der Waals surface area contributed by atoms with Crippen molar-refractivity contribution < 1.29 is 27.8 Å². The minimum Gasteiger partial charge on any atom is -0.493 e. The van der Waals surface area contributed by atoms with E-state index in [1.54, 1.807) is 18.2 Å². The molecule has 0 N–H and O–H groups in total. The number of rotatable bonds is 4. The Morgan fingerprint density at radius 2 is 1.88 bits per heavy atom. The summed E-state index contributed by atoms with van der Waals surface area (Å²) in [6.07, 6.45) is 1.43. The van der Waals surface area contributed by atoms with E-state index in [4.69, 9.17) is 25.8 Å². The molecular formula is C18H12ClF2NO4. The van der Waals surface area contributed by atoms with E-state index in [1.807, 2.05) is 0 Å². The average Bonchev–Trinajstić information content (AvgIpc) is 2.98. The first-order valence-corrected chi connectivity index (χ1v) is 7.71. The molecule has 8 heteroatoms. The van der Waals surface area contributed by atoms with Gasteiger partial charge in [0.25, 0.3) is 0 Å². The van der Waals surface area contributed by atoms with Crippen LogP contribution in [0.3, 0.4) is 0 Å². The van der Waals surface area contributed by atoms with Crippen molar-refractivity contribution in [3.05, 3.63) is 63.8 Å². The predicted octanol–water partition coefficient (Wildman–Crippen LogP) is 3.98. The summed E-state index contributed by atoms with van der Waals surface area (Å²) in [5, 5.41) is -0.129. The van der Waals surface area contributed by atoms with Gasteiger partial charge in [-0.15, -0.1) is 0 Å². The lowest BCUT2D eigenvalue weighted by Gasteiger charge is -2.09. The van der Waals surface area contributed by atoms with E-state index in [9.17, 15) is 13.6 Å². The Labute approximate surface area is 152 Å². The van der Waals surface area contributed by atoms with E-state index in [-0.39, 0.29) is 22.2 Å². The maximum atomic E-state index is 13.5. The molecule has 2 aromatic carbocycles. The third-order valence-electron chi connectivity index (χ3n) is 3.59. The van der Waals surface area contributed by atoms with Gasteiger partial charge in [-0.25, -0.2) is 18.6 Å². The second kappa shape index (κ2) is 7.13. The van der Waals surface area contributed by atoms with Crippen molar-refractivity contribution in [3.63, 3.8) is 0 Å². The van der Waals surface area contributed by atoms with Crippen molar-refractivity contribution in [3.8, 4) is 11.5 Å². The average molecular weight is 380 g/mol. The second-order valence-electron chi connectivity index (χ2n) is 5.16. The molecule has 0 spiro atoms. The van der Waals surface area contributed by atoms with Crippen molar-refractivity contribution in [1.29, 1.82) is 0 Å². The third-order valence-corrected chi connectivity index (χ3v) is 3.90. The van der Waals surface area contributed by atoms with E-state index < -0.39 is 17.6 Å². The van der Waals surface area contributed by atoms with Crippen LogP contribution in [0.25, 0.3) is 6.08 Å². The van der Waals surface area contributed by atoms with Crippen LogP contribution in [0.4, 0.5) is 8.78 Å². The highest BCUT2D eigenvalue weighted by Gasteiger charge is 2.27. The van der Waals surface area contributed by atoms with Crippen molar-refractivity contribution in [1.82, 2.24) is 0 Å². The van der Waals surface area contributed by atoms with Crippen LogP contribution in [0.2, 0.25) is 5.02 Å². The lowest BCUT2D eigenvalue weighted by Crippen LogP contribution is -2.07. The van der Waals surface area contributed by atoms with Gasteiger partial charge in [-0.05, 0) is 24.3 Å². The fraction of sp³-hybridized carbons (Fsp3) is 0.111. The molecule has 0 unspecified atom stereocenters. The largest absolute Gasteiger partial charge is 0.493 e. The summed E-state index contributed by atoms with van der Waals surface area (Å²) < 4.78 is 42.2. The number of para-hydroxylation sites is 1. The molecule has 0 bridgehead atoms. The SMILES string of the molecule is COc1cccc(/C=C2/N=C(c3cc(F)c(F)cc3Cl)OC2=O)c1OC. The lowest BCUT2D eigenvalue weighted by atomic mass is 10.1. The van der Waals surface area contributed by atoms with E-state index in [0.29, 0.717) is 17.1 Å². The van der Waals surface area contributed by atoms with E-state index in [0.717, 1.165) is 12.1 Å². The minimum atomic E-state index is -1.13. The van der Waals surface area contributed by atoms with Crippen molar-refractivity contribution in [2.45, 2.75) is 0 Å². The van der Waals surface area contributed by atoms with Crippen LogP contribution >= 0.6 is 11.6 Å². The molecule has 0 atom stereocenters. The van der Waals surface area contributed by atoms with Gasteiger partial charge in [0.15, 0.2) is 28.8 Å². The molecular weight excluding hydrogens is 368 g/mol. The summed E-state index contributed by atoms with van der Waals surface area (Å²) in [6.45, 7) is 0. The lowest BCUT2D eigenvalue weighted by molar-refractivity contribution is -0.129. The molecule has 1 aliphatic rings. The van der Waals surface area contributed by atoms with Gasteiger partial charge in [0.2, 0.25) is 5.90 Å². The van der Waals surface area contributed by atoms with Crippen LogP contribution in [-0.2, 0) is 9.53 Å². The molecule has 134 valence electrons. The number of hydrogen-bond donors (Lipinski definition) is 0. The maximum Gasteiger partial charge on any atom is 0.363 e. The number of benzene rings is 2. The molecule has 0 amide bonds. The van der Waals surface area contributed by atoms with Gasteiger partial charge in [0.05, 0.1) is 24.8 Å². The van der Waals surface area contributed by atoms with Gasteiger partial charge in [-0.1, -0.05) is 23.7 Å². The van der Waals surface area contributed by atoms with E-state index in [1.165, 1.54) is 20.3 Å². The number of esters is 1. The molecule has 0 aliphatic carbocycles. The Hall–Kier alpha value is -2.93. The molecule has 0 saturated heterocycles. The molecule has 2 aromatic rings. The molecule has 0 aromatic heterocycles. The smallest absolute Gasteiger partial charge is 0.363 e. The van der Waals surface area contributed by atoms with Gasteiger partial charge in [-0.3, -0.25) is 0 Å². The van der Waals surface area contributed by atoms with Gasteiger partial charge >= 0.3 is 5.97 Å². The van der Waals surface area contributed by atoms with Gasteiger partial charge < -0.3 is 14.2 Å². The summed E-state index contributed by atoms with van der Waals surface area (Å²) in [7, 11) is 2.95. The summed E-state index contributed by atoms with van der Waals surface area (Å²) >= 11 is 5.89. The van der Waals surface area contributed by atoms with Crippen molar-refractivity contribution in [2.24, 2.45) is 4.99 Å². The Morgan fingerprint density at radius 3 is 2.58 bits per heavy atom. The summed E-state index contributed by atoms with van der Waals surface area (Å²) in [4.78, 5) is 16.1. The third kappa shape index (κ3) is 3.25. The fourth-order valence-corrected chi connectivity index (χ4v) is 2.61. The number of halogens is 3. The standard InChI is InChI=1S/C18H12ClF2NO4/c1-24-15-5-3-4-9(16(15)25-2)6-14-18(23)26-17(22-14)10-7-12(20)13(21)8-11(10)19/h3-8H,1-2H3/b14-6+. The van der Waals surface area contributed by atoms with Crippen LogP contribution in [0.15, 0.2) is 41.0 Å². The quantitative estimate of drug-likeness (QED) is 0.458. The van der Waals surface area contributed by atoms with Crippen LogP contribution in [-0.4, -0.2) is 26.1 Å². The highest BCUT2D eigenvalue weighted by molar-refractivity contribution is 6.34. The molecule has 26 heavy (non-hydrogen) atoms. The number of nitrogens with zero attached hydrogens (tertiary/aromatic N) is 1. The van der Waals surface area contributed by atoms with Gasteiger partial charge in [0, 0.05) is 5.56 Å². The van der Waals surface area contributed by atoms with Crippen LogP contribution in [0, 0.1) is 11.6 Å². The molecule has 0 saturated carbocycles. The predicted molar refractivity (Wildman–Crippen MR) is 91.5 cm³/mol. The fourth-order valence-electron chi connectivity index (χ4n) is 2.38. The highest BCUT2D eigenvalue weighted by atomic mass is 35.5. The number of aliphatic imine (C=N–C) groups is 1. The zero-order chi connectivity index (χ0) is 18.8. The molecule has 0 radical (unpaired) electrons. The van der Waals surface area contributed by atoms with Crippen molar-refractivity contribution in [2.75, 3.05) is 14.2 Å². The summed E-state index contributed by atoms with van der Waals surface area (Å²) in [6, 6.07) is 6.71. The first-order valence-electron chi connectivity index (χ1n) is 7.33. The Balaban J connectivity index is 2.04. The number of carbonyl (C=O) groups is 1. The van der Waals surface area contributed by atoms with E-state index in [2.05, 4.69) is 4.99 Å². The summed E-state index contributed by atoms with van der Waals surface area (Å²) in [5.74, 6) is -2.33. The first kappa shape index (κ1) is 17.9. The Kier molecular flexibility index (Phi) is 4.90. The van der Waals surface area contributed by atoms with Gasteiger partial charge in [-0.2, -0.15) is 0 Å². The number of methoxy groups -OCH3 is 2. The first-order chi connectivity index (χ1) is 12.4. The normalized spacial score (nSPS) is 15.0. The zero-order valence-electron chi connectivity index (χ0n) is 13.7. The highest BCUT2D eigenvalue weighted by Crippen LogP contribution is 2.33. The molecule has 1 aliphatic heterocycles. The van der Waals surface area contributed by atoms with E-state index >= 15 is 0 Å². The molecule has 1 heterocycles. The Bertz CT molecular complexity index is 956. The van der Waals surface area contributed by atoms with Gasteiger partial charge in [0.1, 0.15) is 0 Å². The number of cyclic esters (lactones) is 1. The molecule has 3 rings (SSSR count). The monoisotopic (exact) mass is 379 g/mol.